The molecule has 2 aliphatic rings. The first-order chi connectivity index (χ1) is 7.68. The van der Waals surface area contributed by atoms with Crippen LogP contribution in [-0.4, -0.2) is 42.9 Å². The highest BCUT2D eigenvalue weighted by molar-refractivity contribution is 5.82. The lowest BCUT2D eigenvalue weighted by Gasteiger charge is -2.33. The molecule has 0 aliphatic carbocycles. The Labute approximate surface area is 94.2 Å². The normalized spacial score (nSPS) is 27.7. The van der Waals surface area contributed by atoms with Crippen molar-refractivity contribution in [1.82, 2.24) is 10.2 Å². The molecule has 1 N–H and O–H groups in total. The average molecular weight is 232 g/mol. The van der Waals surface area contributed by atoms with Gasteiger partial charge in [-0.25, -0.2) is 8.78 Å². The van der Waals surface area contributed by atoms with E-state index in [1.54, 1.807) is 4.90 Å². The van der Waals surface area contributed by atoms with Crippen LogP contribution in [0.15, 0.2) is 0 Å². The topological polar surface area (TPSA) is 32.3 Å². The molecule has 0 saturated carbocycles. The third-order valence-electron chi connectivity index (χ3n) is 3.57. The van der Waals surface area contributed by atoms with Crippen LogP contribution < -0.4 is 5.32 Å². The number of nitrogens with one attached hydrogen (secondary N) is 1. The maximum Gasteiger partial charge on any atom is 0.241 e. The second-order valence-corrected chi connectivity index (χ2v) is 4.65. The van der Waals surface area contributed by atoms with Gasteiger partial charge in [0.05, 0.1) is 6.04 Å². The molecule has 0 aromatic rings. The fourth-order valence-electron chi connectivity index (χ4n) is 2.49. The molecule has 1 unspecified atom stereocenters. The number of amides is 1. The van der Waals surface area contributed by atoms with Crippen LogP contribution in [0.1, 0.15) is 25.7 Å². The summed E-state index contributed by atoms with van der Waals surface area (Å²) in [5.41, 5.74) is 0. The first-order valence-corrected chi connectivity index (χ1v) is 5.99. The van der Waals surface area contributed by atoms with E-state index in [0.717, 1.165) is 19.4 Å². The predicted molar refractivity (Wildman–Crippen MR) is 56.3 cm³/mol. The van der Waals surface area contributed by atoms with Crippen LogP contribution in [0.25, 0.3) is 0 Å². The summed E-state index contributed by atoms with van der Waals surface area (Å²) < 4.78 is 24.9. The molecule has 3 nitrogen and oxygen atoms in total. The van der Waals surface area contributed by atoms with Crippen LogP contribution in [0.5, 0.6) is 0 Å². The van der Waals surface area contributed by atoms with Gasteiger partial charge < -0.3 is 10.2 Å². The smallest absolute Gasteiger partial charge is 0.241 e. The van der Waals surface area contributed by atoms with E-state index in [2.05, 4.69) is 5.32 Å². The first kappa shape index (κ1) is 11.8. The summed E-state index contributed by atoms with van der Waals surface area (Å²) in [4.78, 5) is 13.7. The zero-order valence-electron chi connectivity index (χ0n) is 9.29. The third-order valence-corrected chi connectivity index (χ3v) is 3.57. The van der Waals surface area contributed by atoms with E-state index in [9.17, 15) is 13.6 Å². The minimum absolute atomic E-state index is 0.0666. The number of nitrogens with zero attached hydrogens (tertiary/aromatic N) is 1. The Morgan fingerprint density at radius 2 is 1.94 bits per heavy atom. The van der Waals surface area contributed by atoms with E-state index < -0.39 is 12.3 Å². The maximum atomic E-state index is 12.4. The van der Waals surface area contributed by atoms with E-state index in [1.807, 2.05) is 0 Å². The second-order valence-electron chi connectivity index (χ2n) is 4.65. The number of carbonyl (C=O) groups is 1. The van der Waals surface area contributed by atoms with Crippen molar-refractivity contribution in [2.75, 3.05) is 19.6 Å². The minimum Gasteiger partial charge on any atom is -0.341 e. The number of halogens is 2. The van der Waals surface area contributed by atoms with E-state index in [1.165, 1.54) is 0 Å². The Balaban J connectivity index is 1.81. The summed E-state index contributed by atoms with van der Waals surface area (Å²) in [5, 5.41) is 3.15. The van der Waals surface area contributed by atoms with Gasteiger partial charge in [-0.2, -0.15) is 0 Å². The standard InChI is InChI=1S/C11H18F2N2O/c12-10(13)8-3-6-15(7-4-8)11(16)9-2-1-5-14-9/h8-10,14H,1-7H2. The van der Waals surface area contributed by atoms with Crippen LogP contribution in [0.3, 0.4) is 0 Å². The zero-order chi connectivity index (χ0) is 11.5. The number of rotatable bonds is 2. The molecule has 0 spiro atoms. The highest BCUT2D eigenvalue weighted by Gasteiger charge is 2.32. The van der Waals surface area contributed by atoms with Crippen molar-refractivity contribution < 1.29 is 13.6 Å². The van der Waals surface area contributed by atoms with Crippen LogP contribution in [0, 0.1) is 5.92 Å². The fraction of sp³-hybridized carbons (Fsp3) is 0.909. The summed E-state index contributed by atoms with van der Waals surface area (Å²) in [6, 6.07) is -0.0666. The molecule has 0 aromatic heterocycles. The molecule has 0 aromatic carbocycles. The number of piperidine rings is 1. The summed E-state index contributed by atoms with van der Waals surface area (Å²) in [7, 11) is 0. The SMILES string of the molecule is O=C(C1CCCN1)N1CCC(C(F)F)CC1. The van der Waals surface area contributed by atoms with Crippen molar-refractivity contribution in [2.24, 2.45) is 5.92 Å². The molecule has 2 saturated heterocycles. The van der Waals surface area contributed by atoms with Crippen molar-refractivity contribution in [3.63, 3.8) is 0 Å². The molecular weight excluding hydrogens is 214 g/mol. The molecule has 92 valence electrons. The zero-order valence-corrected chi connectivity index (χ0v) is 9.29. The van der Waals surface area contributed by atoms with Crippen LogP contribution >= 0.6 is 0 Å². The van der Waals surface area contributed by atoms with Gasteiger partial charge in [0, 0.05) is 19.0 Å². The molecule has 1 amide bonds. The Hall–Kier alpha value is -0.710. The number of likely N-dealkylation sites (tertiary alicyclic amines) is 1. The number of hydrogen-bond acceptors (Lipinski definition) is 2. The Morgan fingerprint density at radius 1 is 1.25 bits per heavy atom. The Bertz CT molecular complexity index is 246. The fourth-order valence-corrected chi connectivity index (χ4v) is 2.49. The predicted octanol–water partition coefficient (Wildman–Crippen LogP) is 1.24. The van der Waals surface area contributed by atoms with Crippen LogP contribution in [-0.2, 0) is 4.79 Å². The van der Waals surface area contributed by atoms with Gasteiger partial charge in [-0.1, -0.05) is 0 Å². The van der Waals surface area contributed by atoms with E-state index >= 15 is 0 Å². The molecule has 0 radical (unpaired) electrons. The Kier molecular flexibility index (Phi) is 3.74. The summed E-state index contributed by atoms with van der Waals surface area (Å²) in [6.07, 6.45) is 0.561. The average Bonchev–Trinajstić information content (AvgIpc) is 2.81. The molecule has 2 heterocycles. The quantitative estimate of drug-likeness (QED) is 0.777. The largest absolute Gasteiger partial charge is 0.341 e. The van der Waals surface area contributed by atoms with Gasteiger partial charge >= 0.3 is 0 Å². The van der Waals surface area contributed by atoms with Crippen molar-refractivity contribution >= 4 is 5.91 Å². The molecule has 1 atom stereocenters. The molecule has 2 rings (SSSR count). The maximum absolute atomic E-state index is 12.4. The van der Waals surface area contributed by atoms with Gasteiger partial charge in [-0.3, -0.25) is 4.79 Å². The monoisotopic (exact) mass is 232 g/mol. The summed E-state index contributed by atoms with van der Waals surface area (Å²) in [5.74, 6) is -0.411. The third kappa shape index (κ3) is 2.51. The Morgan fingerprint density at radius 3 is 2.44 bits per heavy atom. The number of carbonyl (C=O) groups excluding carboxylic acids is 1. The van der Waals surface area contributed by atoms with Crippen molar-refractivity contribution in [1.29, 1.82) is 0 Å². The van der Waals surface area contributed by atoms with Crippen LogP contribution in [0.2, 0.25) is 0 Å². The summed E-state index contributed by atoms with van der Waals surface area (Å²) >= 11 is 0. The molecule has 16 heavy (non-hydrogen) atoms. The lowest BCUT2D eigenvalue weighted by molar-refractivity contribution is -0.135. The minimum atomic E-state index is -2.23. The lowest BCUT2D eigenvalue weighted by Crippen LogP contribution is -2.47. The van der Waals surface area contributed by atoms with E-state index in [-0.39, 0.29) is 11.9 Å². The molecule has 5 heteroatoms. The first-order valence-electron chi connectivity index (χ1n) is 5.99. The molecule has 2 fully saturated rings. The molecule has 0 bridgehead atoms. The van der Waals surface area contributed by atoms with Gasteiger partial charge in [0.25, 0.3) is 0 Å². The summed E-state index contributed by atoms with van der Waals surface area (Å²) in [6.45, 7) is 1.88. The number of hydrogen-bond donors (Lipinski definition) is 1. The van der Waals surface area contributed by atoms with Crippen molar-refractivity contribution in [2.45, 2.75) is 38.2 Å². The second kappa shape index (κ2) is 5.08. The highest BCUT2D eigenvalue weighted by Crippen LogP contribution is 2.24. The van der Waals surface area contributed by atoms with E-state index in [4.69, 9.17) is 0 Å². The highest BCUT2D eigenvalue weighted by atomic mass is 19.3. The molecular formula is C11H18F2N2O. The van der Waals surface area contributed by atoms with Gasteiger partial charge in [0.15, 0.2) is 0 Å². The van der Waals surface area contributed by atoms with Gasteiger partial charge in [-0.15, -0.1) is 0 Å². The van der Waals surface area contributed by atoms with E-state index in [0.29, 0.717) is 25.9 Å². The van der Waals surface area contributed by atoms with Gasteiger partial charge in [0.1, 0.15) is 0 Å². The van der Waals surface area contributed by atoms with Crippen LogP contribution in [0.4, 0.5) is 8.78 Å². The lowest BCUT2D eigenvalue weighted by atomic mass is 9.97. The number of alkyl halides is 2. The van der Waals surface area contributed by atoms with Gasteiger partial charge in [-0.05, 0) is 32.2 Å². The van der Waals surface area contributed by atoms with Crippen molar-refractivity contribution in [3.05, 3.63) is 0 Å². The van der Waals surface area contributed by atoms with Gasteiger partial charge in [0.2, 0.25) is 12.3 Å². The van der Waals surface area contributed by atoms with Crippen molar-refractivity contribution in [3.8, 4) is 0 Å². The molecule has 2 aliphatic heterocycles.